The minimum absolute atomic E-state index is 0.313. The van der Waals surface area contributed by atoms with Gasteiger partial charge in [0, 0.05) is 17.3 Å². The molecule has 4 aromatic rings. The molecule has 0 aliphatic rings. The Morgan fingerprint density at radius 2 is 1.56 bits per heavy atom. The maximum atomic E-state index is 13.1. The van der Waals surface area contributed by atoms with Crippen LogP contribution in [0.25, 0.3) is 16.9 Å². The molecule has 1 heterocycles. The third-order valence-corrected chi connectivity index (χ3v) is 5.04. The molecule has 0 saturated carbocycles. The van der Waals surface area contributed by atoms with Gasteiger partial charge in [-0.25, -0.2) is 4.68 Å². The molecule has 0 aliphatic carbocycles. The van der Waals surface area contributed by atoms with Gasteiger partial charge >= 0.3 is 0 Å². The molecule has 0 aliphatic heterocycles. The molecule has 34 heavy (non-hydrogen) atoms. The Labute approximate surface area is 197 Å². The Bertz CT molecular complexity index is 1290. The first-order valence-electron chi connectivity index (χ1n) is 10.7. The van der Waals surface area contributed by atoms with E-state index >= 15 is 0 Å². The van der Waals surface area contributed by atoms with Gasteiger partial charge in [0.05, 0.1) is 25.0 Å². The van der Waals surface area contributed by atoms with Gasteiger partial charge in [0.25, 0.3) is 11.8 Å². The van der Waals surface area contributed by atoms with Crippen LogP contribution in [0.3, 0.4) is 0 Å². The van der Waals surface area contributed by atoms with Crippen LogP contribution < -0.4 is 20.3 Å². The maximum absolute atomic E-state index is 13.1. The molecular formula is C26H24N4O4. The van der Waals surface area contributed by atoms with Crippen LogP contribution in [-0.2, 0) is 0 Å². The molecule has 8 heteroatoms. The van der Waals surface area contributed by atoms with E-state index in [1.54, 1.807) is 29.1 Å². The standard InChI is InChI=1S/C26H24N4O4/c1-3-34-23-16-19(14-15-22(23)33-2)25(31)27-28-26(32)21-17-30(20-12-8-5-9-13-20)29-24(21)18-10-6-4-7-11-18/h4-17H,3H2,1-2H3,(H,27,31)(H,28,32). The summed E-state index contributed by atoms with van der Waals surface area (Å²) in [5.74, 6) is -0.0238. The topological polar surface area (TPSA) is 94.5 Å². The Morgan fingerprint density at radius 1 is 0.882 bits per heavy atom. The Kier molecular flexibility index (Phi) is 6.88. The van der Waals surface area contributed by atoms with Crippen LogP contribution in [0.15, 0.2) is 85.1 Å². The van der Waals surface area contributed by atoms with E-state index < -0.39 is 11.8 Å². The minimum Gasteiger partial charge on any atom is -0.493 e. The molecule has 0 fully saturated rings. The second-order valence-corrected chi connectivity index (χ2v) is 7.24. The fourth-order valence-corrected chi connectivity index (χ4v) is 3.40. The van der Waals surface area contributed by atoms with Gasteiger partial charge in [-0.3, -0.25) is 20.4 Å². The normalized spacial score (nSPS) is 10.4. The van der Waals surface area contributed by atoms with Crippen LogP contribution in [0.1, 0.15) is 27.6 Å². The molecule has 8 nitrogen and oxygen atoms in total. The molecule has 0 unspecified atom stereocenters. The number of rotatable bonds is 7. The molecule has 172 valence electrons. The second kappa shape index (κ2) is 10.4. The summed E-state index contributed by atoms with van der Waals surface area (Å²) in [6, 6.07) is 23.7. The van der Waals surface area contributed by atoms with E-state index in [2.05, 4.69) is 16.0 Å². The fourth-order valence-electron chi connectivity index (χ4n) is 3.40. The summed E-state index contributed by atoms with van der Waals surface area (Å²) in [4.78, 5) is 25.7. The molecule has 2 amide bonds. The number of nitrogens with zero attached hydrogens (tertiary/aromatic N) is 2. The fraction of sp³-hybridized carbons (Fsp3) is 0.115. The molecule has 3 aromatic carbocycles. The second-order valence-electron chi connectivity index (χ2n) is 7.24. The first-order chi connectivity index (χ1) is 16.6. The number of carbonyl (C=O) groups is 2. The average Bonchev–Trinajstić information content (AvgIpc) is 3.34. The number of amides is 2. The minimum atomic E-state index is -0.493. The number of aromatic nitrogens is 2. The highest BCUT2D eigenvalue weighted by Crippen LogP contribution is 2.28. The summed E-state index contributed by atoms with van der Waals surface area (Å²) >= 11 is 0. The van der Waals surface area contributed by atoms with Crippen molar-refractivity contribution < 1.29 is 19.1 Å². The molecule has 0 atom stereocenters. The zero-order valence-corrected chi connectivity index (χ0v) is 18.8. The van der Waals surface area contributed by atoms with Crippen molar-refractivity contribution in [3.8, 4) is 28.4 Å². The van der Waals surface area contributed by atoms with Crippen LogP contribution >= 0.6 is 0 Å². The van der Waals surface area contributed by atoms with Crippen LogP contribution in [0.4, 0.5) is 0 Å². The lowest BCUT2D eigenvalue weighted by Gasteiger charge is -2.12. The smallest absolute Gasteiger partial charge is 0.273 e. The van der Waals surface area contributed by atoms with Gasteiger partial charge in [-0.05, 0) is 37.3 Å². The lowest BCUT2D eigenvalue weighted by molar-refractivity contribution is 0.0847. The molecule has 4 rings (SSSR count). The van der Waals surface area contributed by atoms with Crippen LogP contribution in [0, 0.1) is 0 Å². The van der Waals surface area contributed by atoms with Gasteiger partial charge in [0.1, 0.15) is 5.69 Å². The van der Waals surface area contributed by atoms with Crippen molar-refractivity contribution in [2.75, 3.05) is 13.7 Å². The first kappa shape index (κ1) is 22.6. The molecule has 1 aromatic heterocycles. The van der Waals surface area contributed by atoms with Crippen molar-refractivity contribution >= 4 is 11.8 Å². The van der Waals surface area contributed by atoms with E-state index in [-0.39, 0.29) is 0 Å². The number of nitrogens with one attached hydrogen (secondary N) is 2. The van der Waals surface area contributed by atoms with E-state index in [1.807, 2.05) is 67.6 Å². The predicted octanol–water partition coefficient (Wildman–Crippen LogP) is 4.02. The van der Waals surface area contributed by atoms with Gasteiger partial charge in [0.15, 0.2) is 11.5 Å². The first-order valence-corrected chi connectivity index (χ1v) is 10.7. The summed E-state index contributed by atoms with van der Waals surface area (Å²) < 4.78 is 12.4. The maximum Gasteiger partial charge on any atom is 0.273 e. The highest BCUT2D eigenvalue weighted by molar-refractivity contribution is 6.02. The third kappa shape index (κ3) is 4.91. The largest absolute Gasteiger partial charge is 0.493 e. The molecule has 2 N–H and O–H groups in total. The zero-order chi connectivity index (χ0) is 23.9. The number of benzene rings is 3. The lowest BCUT2D eigenvalue weighted by atomic mass is 10.1. The van der Waals surface area contributed by atoms with Crippen molar-refractivity contribution in [1.82, 2.24) is 20.6 Å². The number of methoxy groups -OCH3 is 1. The molecular weight excluding hydrogens is 432 g/mol. The highest BCUT2D eigenvalue weighted by Gasteiger charge is 2.20. The van der Waals surface area contributed by atoms with Crippen LogP contribution in [0.2, 0.25) is 0 Å². The quantitative estimate of drug-likeness (QED) is 0.410. The van der Waals surface area contributed by atoms with Gasteiger partial charge in [-0.1, -0.05) is 48.5 Å². The van der Waals surface area contributed by atoms with Crippen molar-refractivity contribution in [2.24, 2.45) is 0 Å². The number of ether oxygens (including phenoxy) is 2. The summed E-state index contributed by atoms with van der Waals surface area (Å²) in [6.45, 7) is 2.26. The SMILES string of the molecule is CCOc1cc(C(=O)NNC(=O)c2cn(-c3ccccc3)nc2-c2ccccc2)ccc1OC. The summed E-state index contributed by atoms with van der Waals surface area (Å²) in [7, 11) is 1.53. The van der Waals surface area contributed by atoms with E-state index in [1.165, 1.54) is 7.11 Å². The van der Waals surface area contributed by atoms with Gasteiger partial charge in [-0.15, -0.1) is 0 Å². The van der Waals surface area contributed by atoms with E-state index in [0.717, 1.165) is 11.3 Å². The third-order valence-electron chi connectivity index (χ3n) is 5.04. The van der Waals surface area contributed by atoms with Crippen LogP contribution in [-0.4, -0.2) is 35.3 Å². The number of hydrogen-bond acceptors (Lipinski definition) is 5. The van der Waals surface area contributed by atoms with Gasteiger partial charge < -0.3 is 9.47 Å². The van der Waals surface area contributed by atoms with E-state index in [9.17, 15) is 9.59 Å². The highest BCUT2D eigenvalue weighted by atomic mass is 16.5. The number of carbonyl (C=O) groups excluding carboxylic acids is 2. The zero-order valence-electron chi connectivity index (χ0n) is 18.8. The Hall–Kier alpha value is -4.59. The Morgan fingerprint density at radius 3 is 2.24 bits per heavy atom. The molecule has 0 bridgehead atoms. The van der Waals surface area contributed by atoms with E-state index in [0.29, 0.717) is 34.9 Å². The summed E-state index contributed by atoms with van der Waals surface area (Å²) in [6.07, 6.45) is 1.64. The number of para-hydroxylation sites is 1. The number of hydrazine groups is 1. The summed E-state index contributed by atoms with van der Waals surface area (Å²) in [5, 5.41) is 4.62. The van der Waals surface area contributed by atoms with Gasteiger partial charge in [-0.2, -0.15) is 5.10 Å². The van der Waals surface area contributed by atoms with Gasteiger partial charge in [0.2, 0.25) is 0 Å². The van der Waals surface area contributed by atoms with Crippen molar-refractivity contribution in [2.45, 2.75) is 6.92 Å². The summed E-state index contributed by atoms with van der Waals surface area (Å²) in [5.41, 5.74) is 7.67. The molecule has 0 saturated heterocycles. The number of hydrogen-bond donors (Lipinski definition) is 2. The van der Waals surface area contributed by atoms with Crippen molar-refractivity contribution in [1.29, 1.82) is 0 Å². The monoisotopic (exact) mass is 456 g/mol. The van der Waals surface area contributed by atoms with Crippen molar-refractivity contribution in [3.05, 3.63) is 96.2 Å². The molecule has 0 spiro atoms. The van der Waals surface area contributed by atoms with Crippen molar-refractivity contribution in [3.63, 3.8) is 0 Å². The molecule has 0 radical (unpaired) electrons. The predicted molar refractivity (Wildman–Crippen MR) is 128 cm³/mol. The average molecular weight is 457 g/mol. The van der Waals surface area contributed by atoms with E-state index in [4.69, 9.17) is 9.47 Å². The van der Waals surface area contributed by atoms with Crippen LogP contribution in [0.5, 0.6) is 11.5 Å². The lowest BCUT2D eigenvalue weighted by Crippen LogP contribution is -2.41. The Balaban J connectivity index is 1.56.